The van der Waals surface area contributed by atoms with E-state index in [0.717, 1.165) is 38.0 Å². The van der Waals surface area contributed by atoms with Crippen LogP contribution in [0.3, 0.4) is 0 Å². The van der Waals surface area contributed by atoms with Gasteiger partial charge < -0.3 is 20.3 Å². The first-order chi connectivity index (χ1) is 11.7. The fourth-order valence-electron chi connectivity index (χ4n) is 3.51. The number of ether oxygens (including phenoxy) is 1. The Bertz CT molecular complexity index is 570. The van der Waals surface area contributed by atoms with Crippen LogP contribution in [0.4, 0.5) is 0 Å². The molecule has 0 spiro atoms. The van der Waals surface area contributed by atoms with Crippen LogP contribution in [0.2, 0.25) is 0 Å². The Morgan fingerprint density at radius 1 is 1.29 bits per heavy atom. The zero-order valence-electron chi connectivity index (χ0n) is 14.0. The van der Waals surface area contributed by atoms with Crippen LogP contribution in [-0.2, 0) is 14.3 Å². The van der Waals surface area contributed by atoms with Gasteiger partial charge in [-0.15, -0.1) is 0 Å². The first-order valence-electron chi connectivity index (χ1n) is 8.58. The molecule has 2 aliphatic heterocycles. The highest BCUT2D eigenvalue weighted by atomic mass is 16.5. The first kappa shape index (κ1) is 16.9. The summed E-state index contributed by atoms with van der Waals surface area (Å²) in [6.07, 6.45) is 1.36. The number of carbonyl (C=O) groups is 2. The summed E-state index contributed by atoms with van der Waals surface area (Å²) >= 11 is 0. The molecule has 6 nitrogen and oxygen atoms in total. The number of hydrogen-bond acceptors (Lipinski definition) is 4. The van der Waals surface area contributed by atoms with Crippen molar-refractivity contribution in [2.75, 3.05) is 33.3 Å². The average Bonchev–Trinajstić information content (AvgIpc) is 2.63. The van der Waals surface area contributed by atoms with Crippen molar-refractivity contribution in [1.29, 1.82) is 0 Å². The molecule has 3 rings (SSSR count). The molecule has 1 aromatic rings. The second-order valence-electron chi connectivity index (χ2n) is 6.51. The number of morpholine rings is 1. The van der Waals surface area contributed by atoms with Gasteiger partial charge in [-0.2, -0.15) is 0 Å². The van der Waals surface area contributed by atoms with Crippen LogP contribution < -0.4 is 10.6 Å². The zero-order chi connectivity index (χ0) is 16.9. The van der Waals surface area contributed by atoms with Gasteiger partial charge in [-0.25, -0.2) is 0 Å². The van der Waals surface area contributed by atoms with Crippen molar-refractivity contribution in [2.24, 2.45) is 5.92 Å². The van der Waals surface area contributed by atoms with E-state index in [1.54, 1.807) is 0 Å². The Balaban J connectivity index is 1.69. The molecule has 130 valence electrons. The number of nitrogens with zero attached hydrogens (tertiary/aromatic N) is 1. The van der Waals surface area contributed by atoms with Gasteiger partial charge in [0.05, 0.1) is 6.04 Å². The smallest absolute Gasteiger partial charge is 0.254 e. The molecule has 2 atom stereocenters. The average molecular weight is 331 g/mol. The molecule has 0 saturated carbocycles. The minimum atomic E-state index is -0.647. The third-order valence-electron chi connectivity index (χ3n) is 4.83. The largest absolute Gasteiger partial charge is 0.356 e. The maximum absolute atomic E-state index is 12.9. The van der Waals surface area contributed by atoms with E-state index in [1.165, 1.54) is 0 Å². The summed E-state index contributed by atoms with van der Waals surface area (Å²) in [6, 6.07) is 9.13. The molecule has 2 N–H and O–H groups in total. The number of rotatable bonds is 4. The van der Waals surface area contributed by atoms with Crippen LogP contribution in [0.1, 0.15) is 24.4 Å². The van der Waals surface area contributed by atoms with E-state index >= 15 is 0 Å². The summed E-state index contributed by atoms with van der Waals surface area (Å²) < 4.78 is 5.63. The summed E-state index contributed by atoms with van der Waals surface area (Å²) in [5, 5.41) is 6.11. The molecular formula is C18H25N3O3. The van der Waals surface area contributed by atoms with Crippen molar-refractivity contribution in [3.63, 3.8) is 0 Å². The van der Waals surface area contributed by atoms with E-state index in [1.807, 2.05) is 42.3 Å². The maximum atomic E-state index is 12.9. The quantitative estimate of drug-likeness (QED) is 0.852. The zero-order valence-corrected chi connectivity index (χ0v) is 14.0. The maximum Gasteiger partial charge on any atom is 0.254 e. The summed E-state index contributed by atoms with van der Waals surface area (Å²) in [4.78, 5) is 26.6. The minimum absolute atomic E-state index is 0.0215. The van der Waals surface area contributed by atoms with Crippen LogP contribution in [0.15, 0.2) is 30.3 Å². The number of amides is 2. The van der Waals surface area contributed by atoms with Crippen molar-refractivity contribution >= 4 is 11.8 Å². The van der Waals surface area contributed by atoms with Crippen molar-refractivity contribution < 1.29 is 14.3 Å². The SMILES string of the molecule is CNCC1CCN(C(=O)[C@H]2OCC(=O)N[C@@H]2c2ccccc2)CC1. The highest BCUT2D eigenvalue weighted by molar-refractivity contribution is 5.86. The predicted octanol–water partition coefficient (Wildman–Crippen LogP) is 0.701. The Morgan fingerprint density at radius 2 is 2.00 bits per heavy atom. The fraction of sp³-hybridized carbons (Fsp3) is 0.556. The van der Waals surface area contributed by atoms with Gasteiger partial charge >= 0.3 is 0 Å². The third-order valence-corrected chi connectivity index (χ3v) is 4.83. The molecule has 2 amide bonds. The lowest BCUT2D eigenvalue weighted by atomic mass is 9.94. The minimum Gasteiger partial charge on any atom is -0.356 e. The van der Waals surface area contributed by atoms with Crippen LogP contribution in [-0.4, -0.2) is 56.1 Å². The molecule has 0 bridgehead atoms. The molecule has 2 aliphatic rings. The highest BCUT2D eigenvalue weighted by Crippen LogP contribution is 2.26. The van der Waals surface area contributed by atoms with E-state index in [9.17, 15) is 9.59 Å². The van der Waals surface area contributed by atoms with Crippen LogP contribution >= 0.6 is 0 Å². The highest BCUT2D eigenvalue weighted by Gasteiger charge is 2.39. The Labute approximate surface area is 142 Å². The summed E-state index contributed by atoms with van der Waals surface area (Å²) in [6.45, 7) is 2.43. The second kappa shape index (κ2) is 7.77. The van der Waals surface area contributed by atoms with E-state index in [-0.39, 0.29) is 18.4 Å². The normalized spacial score (nSPS) is 25.4. The monoisotopic (exact) mass is 331 g/mol. The number of nitrogens with one attached hydrogen (secondary N) is 2. The molecule has 0 radical (unpaired) electrons. The molecule has 1 aromatic carbocycles. The van der Waals surface area contributed by atoms with Gasteiger partial charge in [0.25, 0.3) is 5.91 Å². The molecule has 0 aromatic heterocycles. The Hall–Kier alpha value is -1.92. The van der Waals surface area contributed by atoms with E-state index in [0.29, 0.717) is 5.92 Å². The second-order valence-corrected chi connectivity index (χ2v) is 6.51. The van der Waals surface area contributed by atoms with Gasteiger partial charge in [-0.1, -0.05) is 30.3 Å². The van der Waals surface area contributed by atoms with Gasteiger partial charge in [0, 0.05) is 13.1 Å². The number of likely N-dealkylation sites (tertiary alicyclic amines) is 1. The van der Waals surface area contributed by atoms with Crippen LogP contribution in [0.5, 0.6) is 0 Å². The first-order valence-corrected chi connectivity index (χ1v) is 8.58. The Morgan fingerprint density at radius 3 is 2.67 bits per heavy atom. The summed E-state index contributed by atoms with van der Waals surface area (Å²) in [7, 11) is 1.96. The van der Waals surface area contributed by atoms with E-state index in [2.05, 4.69) is 10.6 Å². The number of carbonyl (C=O) groups excluding carboxylic acids is 2. The predicted molar refractivity (Wildman–Crippen MR) is 90.3 cm³/mol. The summed E-state index contributed by atoms with van der Waals surface area (Å²) in [5.41, 5.74) is 0.897. The molecule has 0 unspecified atom stereocenters. The molecule has 0 aliphatic carbocycles. The lowest BCUT2D eigenvalue weighted by Crippen LogP contribution is -2.54. The number of hydrogen-bond donors (Lipinski definition) is 2. The number of piperidine rings is 1. The van der Waals surface area contributed by atoms with Crippen molar-refractivity contribution in [1.82, 2.24) is 15.5 Å². The molecule has 2 heterocycles. The number of benzene rings is 1. The van der Waals surface area contributed by atoms with Gasteiger partial charge in [0.2, 0.25) is 5.91 Å². The van der Waals surface area contributed by atoms with Crippen LogP contribution in [0.25, 0.3) is 0 Å². The van der Waals surface area contributed by atoms with Gasteiger partial charge in [-0.3, -0.25) is 9.59 Å². The van der Waals surface area contributed by atoms with Gasteiger partial charge in [0.1, 0.15) is 6.61 Å². The lowest BCUT2D eigenvalue weighted by Gasteiger charge is -2.38. The fourth-order valence-corrected chi connectivity index (χ4v) is 3.51. The molecular weight excluding hydrogens is 306 g/mol. The van der Waals surface area contributed by atoms with Crippen molar-refractivity contribution in [3.8, 4) is 0 Å². The van der Waals surface area contributed by atoms with Gasteiger partial charge in [-0.05, 0) is 37.9 Å². The van der Waals surface area contributed by atoms with E-state index < -0.39 is 12.1 Å². The van der Waals surface area contributed by atoms with E-state index in [4.69, 9.17) is 4.74 Å². The van der Waals surface area contributed by atoms with Crippen molar-refractivity contribution in [2.45, 2.75) is 25.0 Å². The third kappa shape index (κ3) is 3.76. The molecule has 2 fully saturated rings. The lowest BCUT2D eigenvalue weighted by molar-refractivity contribution is -0.156. The molecule has 2 saturated heterocycles. The standard InChI is InChI=1S/C18H25N3O3/c1-19-11-13-7-9-21(10-8-13)18(23)17-16(20-15(22)12-24-17)14-5-3-2-4-6-14/h2-6,13,16-17,19H,7-12H2,1H3,(H,20,22)/t16-,17+/m1/s1. The van der Waals surface area contributed by atoms with Crippen molar-refractivity contribution in [3.05, 3.63) is 35.9 Å². The molecule has 6 heteroatoms. The Kier molecular flexibility index (Phi) is 5.48. The van der Waals surface area contributed by atoms with Gasteiger partial charge in [0.15, 0.2) is 6.10 Å². The molecule has 24 heavy (non-hydrogen) atoms. The topological polar surface area (TPSA) is 70.7 Å². The van der Waals surface area contributed by atoms with Crippen LogP contribution in [0, 0.1) is 5.92 Å². The summed E-state index contributed by atoms with van der Waals surface area (Å²) in [5.74, 6) is 0.420.